The van der Waals surface area contributed by atoms with Gasteiger partial charge in [-0.15, -0.1) is 0 Å². The molecule has 2 saturated heterocycles. The molecule has 0 N–H and O–H groups in total. The van der Waals surface area contributed by atoms with E-state index in [-0.39, 0.29) is 0 Å². The number of hydrogen-bond acceptors (Lipinski definition) is 7. The monoisotopic (exact) mass is 349 g/mol. The van der Waals surface area contributed by atoms with Crippen molar-refractivity contribution in [3.8, 4) is 11.4 Å². The van der Waals surface area contributed by atoms with Gasteiger partial charge in [-0.2, -0.15) is 16.3 Å². The van der Waals surface area contributed by atoms with E-state index in [2.05, 4.69) is 15.0 Å². The normalized spacial score (nSPS) is 24.2. The largest absolute Gasteiger partial charge is 0.377 e. The van der Waals surface area contributed by atoms with Crippen molar-refractivity contribution in [1.29, 1.82) is 0 Å². The Balaban J connectivity index is 1.41. The van der Waals surface area contributed by atoms with Crippen molar-refractivity contribution in [2.45, 2.75) is 44.4 Å². The topological polar surface area (TPSA) is 60.6 Å². The van der Waals surface area contributed by atoms with Crippen molar-refractivity contribution < 1.29 is 14.0 Å². The summed E-state index contributed by atoms with van der Waals surface area (Å²) in [5, 5.41) is 8.16. The average Bonchev–Trinajstić information content (AvgIpc) is 3.37. The van der Waals surface area contributed by atoms with Crippen LogP contribution >= 0.6 is 11.3 Å². The smallest absolute Gasteiger partial charge is 0.241 e. The third-order valence-electron chi connectivity index (χ3n) is 4.58. The molecule has 0 radical (unpaired) electrons. The summed E-state index contributed by atoms with van der Waals surface area (Å²) in [5.74, 6) is 1.33. The van der Waals surface area contributed by atoms with Gasteiger partial charge in [-0.1, -0.05) is 5.16 Å². The van der Waals surface area contributed by atoms with Gasteiger partial charge in [0.15, 0.2) is 0 Å². The zero-order valence-electron chi connectivity index (χ0n) is 13.7. The van der Waals surface area contributed by atoms with Crippen LogP contribution in [0.1, 0.15) is 31.6 Å². The molecular formula is C17H23N3O3S. The lowest BCUT2D eigenvalue weighted by atomic mass is 10.2. The van der Waals surface area contributed by atoms with Gasteiger partial charge in [0.2, 0.25) is 11.7 Å². The molecule has 2 aliphatic rings. The Hall–Kier alpha value is -1.28. The summed E-state index contributed by atoms with van der Waals surface area (Å²) in [6, 6.07) is 2.01. The molecule has 2 aliphatic heterocycles. The van der Waals surface area contributed by atoms with Crippen LogP contribution in [-0.2, 0) is 16.0 Å². The third kappa shape index (κ3) is 4.03. The minimum atomic E-state index is 0.311. The Bertz CT molecular complexity index is 601. The highest BCUT2D eigenvalue weighted by molar-refractivity contribution is 7.08. The zero-order valence-corrected chi connectivity index (χ0v) is 14.5. The van der Waals surface area contributed by atoms with Crippen LogP contribution < -0.4 is 0 Å². The van der Waals surface area contributed by atoms with E-state index in [9.17, 15) is 0 Å². The standard InChI is InChI=1S/C17H23N3O3S/c1-3-14(21-6-1)9-20(10-15-4-2-7-22-15)11-16-18-17(19-23-16)13-5-8-24-12-13/h5,8,12,14-15H,1-4,6-7,9-11H2/t14-,15-/m0/s1. The van der Waals surface area contributed by atoms with E-state index in [4.69, 9.17) is 14.0 Å². The first-order valence-corrected chi connectivity index (χ1v) is 9.62. The Morgan fingerprint density at radius 3 is 2.46 bits per heavy atom. The summed E-state index contributed by atoms with van der Waals surface area (Å²) in [6.45, 7) is 4.20. The first-order chi connectivity index (χ1) is 11.9. The highest BCUT2D eigenvalue weighted by Crippen LogP contribution is 2.21. The van der Waals surface area contributed by atoms with Crippen LogP contribution in [0, 0.1) is 0 Å². The molecule has 0 amide bonds. The van der Waals surface area contributed by atoms with Gasteiger partial charge in [0.05, 0.1) is 18.8 Å². The molecule has 0 aliphatic carbocycles. The fourth-order valence-corrected chi connectivity index (χ4v) is 4.01. The first kappa shape index (κ1) is 16.2. The molecule has 4 heterocycles. The fraction of sp³-hybridized carbons (Fsp3) is 0.647. The Kier molecular flexibility index (Phi) is 5.22. The average molecular weight is 349 g/mol. The fourth-order valence-electron chi connectivity index (χ4n) is 3.38. The molecule has 0 bridgehead atoms. The van der Waals surface area contributed by atoms with Crippen LogP contribution in [-0.4, -0.2) is 53.6 Å². The Morgan fingerprint density at radius 1 is 1.12 bits per heavy atom. The van der Waals surface area contributed by atoms with Crippen LogP contribution in [0.15, 0.2) is 21.3 Å². The van der Waals surface area contributed by atoms with Crippen LogP contribution in [0.2, 0.25) is 0 Å². The molecular weight excluding hydrogens is 326 g/mol. The van der Waals surface area contributed by atoms with Crippen molar-refractivity contribution in [3.63, 3.8) is 0 Å². The summed E-state index contributed by atoms with van der Waals surface area (Å²) in [7, 11) is 0. The van der Waals surface area contributed by atoms with Crippen molar-refractivity contribution in [2.24, 2.45) is 0 Å². The van der Waals surface area contributed by atoms with Crippen molar-refractivity contribution >= 4 is 11.3 Å². The molecule has 0 spiro atoms. The zero-order chi connectivity index (χ0) is 16.2. The maximum Gasteiger partial charge on any atom is 0.241 e. The molecule has 2 aromatic rings. The molecule has 0 aromatic carbocycles. The number of ether oxygens (including phenoxy) is 2. The first-order valence-electron chi connectivity index (χ1n) is 8.67. The van der Waals surface area contributed by atoms with E-state index in [1.54, 1.807) is 11.3 Å². The molecule has 7 heteroatoms. The van der Waals surface area contributed by atoms with E-state index < -0.39 is 0 Å². The Labute approximate surface area is 145 Å². The number of rotatable bonds is 7. The third-order valence-corrected chi connectivity index (χ3v) is 5.26. The quantitative estimate of drug-likeness (QED) is 0.766. The second-order valence-corrected chi connectivity index (χ2v) is 7.27. The van der Waals surface area contributed by atoms with E-state index >= 15 is 0 Å². The molecule has 2 aromatic heterocycles. The summed E-state index contributed by atoms with van der Waals surface area (Å²) >= 11 is 1.64. The molecule has 6 nitrogen and oxygen atoms in total. The summed E-state index contributed by atoms with van der Waals surface area (Å²) < 4.78 is 17.1. The van der Waals surface area contributed by atoms with E-state index in [0.717, 1.165) is 57.6 Å². The van der Waals surface area contributed by atoms with Crippen LogP contribution in [0.5, 0.6) is 0 Å². The molecule has 24 heavy (non-hydrogen) atoms. The van der Waals surface area contributed by atoms with E-state index in [1.165, 1.54) is 0 Å². The summed E-state index contributed by atoms with van der Waals surface area (Å²) in [4.78, 5) is 6.89. The minimum Gasteiger partial charge on any atom is -0.377 e. The summed E-state index contributed by atoms with van der Waals surface area (Å²) in [6.07, 6.45) is 5.19. The lowest BCUT2D eigenvalue weighted by Crippen LogP contribution is -2.37. The van der Waals surface area contributed by atoms with Gasteiger partial charge in [0, 0.05) is 37.2 Å². The van der Waals surface area contributed by atoms with Gasteiger partial charge in [-0.3, -0.25) is 4.90 Å². The lowest BCUT2D eigenvalue weighted by Gasteiger charge is -2.26. The van der Waals surface area contributed by atoms with E-state index in [1.807, 2.05) is 16.8 Å². The predicted octanol–water partition coefficient (Wildman–Crippen LogP) is 2.96. The van der Waals surface area contributed by atoms with Crippen LogP contribution in [0.25, 0.3) is 11.4 Å². The van der Waals surface area contributed by atoms with Gasteiger partial charge >= 0.3 is 0 Å². The Morgan fingerprint density at radius 2 is 1.88 bits per heavy atom. The van der Waals surface area contributed by atoms with Gasteiger partial charge in [-0.25, -0.2) is 0 Å². The highest BCUT2D eigenvalue weighted by Gasteiger charge is 2.25. The lowest BCUT2D eigenvalue weighted by molar-refractivity contribution is 0.0309. The van der Waals surface area contributed by atoms with Crippen molar-refractivity contribution in [3.05, 3.63) is 22.7 Å². The van der Waals surface area contributed by atoms with Gasteiger partial charge < -0.3 is 14.0 Å². The van der Waals surface area contributed by atoms with Crippen LogP contribution in [0.3, 0.4) is 0 Å². The van der Waals surface area contributed by atoms with Crippen LogP contribution in [0.4, 0.5) is 0 Å². The molecule has 130 valence electrons. The SMILES string of the molecule is c1cc(-c2noc(CN(C[C@@H]3CCCO3)C[C@@H]3CCCO3)n2)cs1. The van der Waals surface area contributed by atoms with Gasteiger partial charge in [0.1, 0.15) is 0 Å². The van der Waals surface area contributed by atoms with Crippen molar-refractivity contribution in [2.75, 3.05) is 26.3 Å². The second-order valence-electron chi connectivity index (χ2n) is 6.49. The molecule has 2 atom stereocenters. The number of thiophene rings is 1. The maximum absolute atomic E-state index is 5.80. The molecule has 2 fully saturated rings. The highest BCUT2D eigenvalue weighted by atomic mass is 32.1. The van der Waals surface area contributed by atoms with Gasteiger partial charge in [-0.05, 0) is 37.1 Å². The number of aromatic nitrogens is 2. The van der Waals surface area contributed by atoms with Crippen molar-refractivity contribution in [1.82, 2.24) is 15.0 Å². The number of nitrogens with zero attached hydrogens (tertiary/aromatic N) is 3. The summed E-state index contributed by atoms with van der Waals surface area (Å²) in [5.41, 5.74) is 1.01. The maximum atomic E-state index is 5.80. The van der Waals surface area contributed by atoms with E-state index in [0.29, 0.717) is 30.5 Å². The molecule has 0 saturated carbocycles. The minimum absolute atomic E-state index is 0.311. The molecule has 0 unspecified atom stereocenters. The van der Waals surface area contributed by atoms with Gasteiger partial charge in [0.25, 0.3) is 0 Å². The molecule has 4 rings (SSSR count). The second kappa shape index (κ2) is 7.74. The number of hydrogen-bond donors (Lipinski definition) is 0. The predicted molar refractivity (Wildman–Crippen MR) is 90.8 cm³/mol.